The van der Waals surface area contributed by atoms with Gasteiger partial charge in [0, 0.05) is 13.1 Å². The van der Waals surface area contributed by atoms with Gasteiger partial charge in [0.2, 0.25) is 10.0 Å². The van der Waals surface area contributed by atoms with Gasteiger partial charge in [0.15, 0.2) is 4.90 Å². The van der Waals surface area contributed by atoms with Gasteiger partial charge in [-0.3, -0.25) is 4.79 Å². The van der Waals surface area contributed by atoms with E-state index in [2.05, 4.69) is 0 Å². The van der Waals surface area contributed by atoms with Crippen molar-refractivity contribution >= 4 is 16.0 Å². The van der Waals surface area contributed by atoms with Crippen LogP contribution >= 0.6 is 0 Å². The summed E-state index contributed by atoms with van der Waals surface area (Å²) < 4.78 is 52.5. The number of sulfonamides is 1. The fourth-order valence-electron chi connectivity index (χ4n) is 2.22. The van der Waals surface area contributed by atoms with Crippen molar-refractivity contribution in [3.8, 4) is 0 Å². The number of halogens is 2. The summed E-state index contributed by atoms with van der Waals surface area (Å²) in [6.45, 7) is -0.217. The molecule has 20 heavy (non-hydrogen) atoms. The van der Waals surface area contributed by atoms with E-state index in [0.29, 0.717) is 12.8 Å². The molecule has 5 nitrogen and oxygen atoms in total. The number of nitrogens with zero attached hydrogens (tertiary/aromatic N) is 1. The zero-order valence-corrected chi connectivity index (χ0v) is 11.2. The van der Waals surface area contributed by atoms with Crippen LogP contribution in [0, 0.1) is 17.6 Å². The lowest BCUT2D eigenvalue weighted by Gasteiger charge is -2.29. The summed E-state index contributed by atoms with van der Waals surface area (Å²) in [6.07, 6.45) is 0.688. The minimum atomic E-state index is -4.37. The largest absolute Gasteiger partial charge is 0.481 e. The van der Waals surface area contributed by atoms with Crippen molar-refractivity contribution in [2.24, 2.45) is 5.92 Å². The molecule has 1 aromatic carbocycles. The number of rotatable bonds is 3. The maximum atomic E-state index is 13.6. The standard InChI is InChI=1S/C12H13F2NO4S/c13-9-4-1-5-10(14)11(9)20(18,19)15-6-2-3-8(7-15)12(16)17/h1,4-5,8H,2-3,6-7H2,(H,16,17)/t8-/m1/s1. The molecule has 1 aliphatic heterocycles. The van der Waals surface area contributed by atoms with Gasteiger partial charge in [-0.25, -0.2) is 17.2 Å². The van der Waals surface area contributed by atoms with Crippen LogP contribution in [0.25, 0.3) is 0 Å². The van der Waals surface area contributed by atoms with Crippen LogP contribution in [0.5, 0.6) is 0 Å². The number of piperidine rings is 1. The zero-order chi connectivity index (χ0) is 14.9. The highest BCUT2D eigenvalue weighted by molar-refractivity contribution is 7.89. The lowest BCUT2D eigenvalue weighted by atomic mass is 10.0. The fourth-order valence-corrected chi connectivity index (χ4v) is 3.85. The summed E-state index contributed by atoms with van der Waals surface area (Å²) in [5.41, 5.74) is 0. The van der Waals surface area contributed by atoms with Crippen LogP contribution in [0.3, 0.4) is 0 Å². The summed E-state index contributed by atoms with van der Waals surface area (Å²) in [4.78, 5) is 9.91. The molecule has 1 aromatic rings. The van der Waals surface area contributed by atoms with E-state index >= 15 is 0 Å². The molecule has 1 aliphatic rings. The van der Waals surface area contributed by atoms with Crippen molar-refractivity contribution in [3.05, 3.63) is 29.8 Å². The topological polar surface area (TPSA) is 74.7 Å². The second-order valence-electron chi connectivity index (χ2n) is 4.59. The third kappa shape index (κ3) is 2.66. The molecule has 1 fully saturated rings. The van der Waals surface area contributed by atoms with E-state index < -0.39 is 38.4 Å². The first-order chi connectivity index (χ1) is 9.34. The Morgan fingerprint density at radius 3 is 2.45 bits per heavy atom. The van der Waals surface area contributed by atoms with Crippen LogP contribution < -0.4 is 0 Å². The van der Waals surface area contributed by atoms with E-state index in [1.807, 2.05) is 0 Å². The summed E-state index contributed by atoms with van der Waals surface area (Å²) in [6, 6.07) is 2.78. The minimum Gasteiger partial charge on any atom is -0.481 e. The normalized spacial score (nSPS) is 20.8. The zero-order valence-electron chi connectivity index (χ0n) is 10.4. The van der Waals surface area contributed by atoms with Crippen molar-refractivity contribution in [2.45, 2.75) is 17.7 Å². The number of hydrogen-bond donors (Lipinski definition) is 1. The number of aliphatic carboxylic acids is 1. The molecule has 1 saturated heterocycles. The highest BCUT2D eigenvalue weighted by Gasteiger charge is 2.36. The van der Waals surface area contributed by atoms with E-state index in [0.717, 1.165) is 22.5 Å². The molecule has 8 heteroatoms. The molecule has 1 heterocycles. The monoisotopic (exact) mass is 305 g/mol. The van der Waals surface area contributed by atoms with Crippen LogP contribution in [-0.2, 0) is 14.8 Å². The summed E-state index contributed by atoms with van der Waals surface area (Å²) in [5, 5.41) is 8.93. The van der Waals surface area contributed by atoms with Crippen molar-refractivity contribution in [3.63, 3.8) is 0 Å². The Kier molecular flexibility index (Phi) is 4.05. The predicted octanol–water partition coefficient (Wildman–Crippen LogP) is 1.45. The van der Waals surface area contributed by atoms with Gasteiger partial charge in [-0.1, -0.05) is 6.07 Å². The maximum absolute atomic E-state index is 13.6. The van der Waals surface area contributed by atoms with E-state index in [1.165, 1.54) is 0 Å². The van der Waals surface area contributed by atoms with Gasteiger partial charge in [0.1, 0.15) is 11.6 Å². The molecule has 0 amide bonds. The third-order valence-corrected chi connectivity index (χ3v) is 5.17. The highest BCUT2D eigenvalue weighted by atomic mass is 32.2. The molecule has 0 saturated carbocycles. The smallest absolute Gasteiger partial charge is 0.307 e. The minimum absolute atomic E-state index is 0.0554. The fraction of sp³-hybridized carbons (Fsp3) is 0.417. The van der Waals surface area contributed by atoms with Crippen molar-refractivity contribution in [2.75, 3.05) is 13.1 Å². The maximum Gasteiger partial charge on any atom is 0.307 e. The molecule has 0 aromatic heterocycles. The first-order valence-electron chi connectivity index (χ1n) is 6.01. The van der Waals surface area contributed by atoms with Gasteiger partial charge in [-0.2, -0.15) is 4.31 Å². The van der Waals surface area contributed by atoms with Crippen molar-refractivity contribution in [1.29, 1.82) is 0 Å². The number of benzene rings is 1. The Balaban J connectivity index is 2.38. The lowest BCUT2D eigenvalue weighted by Crippen LogP contribution is -2.42. The molecule has 0 radical (unpaired) electrons. The highest BCUT2D eigenvalue weighted by Crippen LogP contribution is 2.27. The van der Waals surface area contributed by atoms with E-state index in [-0.39, 0.29) is 13.1 Å². The molecule has 1 atom stereocenters. The van der Waals surface area contributed by atoms with Crippen molar-refractivity contribution < 1.29 is 27.1 Å². The number of carboxylic acids is 1. The average molecular weight is 305 g/mol. The van der Waals surface area contributed by atoms with E-state index in [1.54, 1.807) is 0 Å². The van der Waals surface area contributed by atoms with Gasteiger partial charge in [-0.05, 0) is 25.0 Å². The molecule has 110 valence electrons. The molecule has 0 bridgehead atoms. The van der Waals surface area contributed by atoms with Gasteiger partial charge in [0.05, 0.1) is 5.92 Å². The average Bonchev–Trinajstić information content (AvgIpc) is 2.38. The van der Waals surface area contributed by atoms with Gasteiger partial charge in [-0.15, -0.1) is 0 Å². The number of carboxylic acid groups (broad SMARTS) is 1. The Labute approximate surface area is 114 Å². The molecular weight excluding hydrogens is 292 g/mol. The predicted molar refractivity (Wildman–Crippen MR) is 65.5 cm³/mol. The van der Waals surface area contributed by atoms with Crippen molar-refractivity contribution in [1.82, 2.24) is 4.31 Å². The van der Waals surface area contributed by atoms with Crippen LogP contribution in [0.4, 0.5) is 8.78 Å². The van der Waals surface area contributed by atoms with Gasteiger partial charge in [0.25, 0.3) is 0 Å². The second-order valence-corrected chi connectivity index (χ2v) is 6.47. The second kappa shape index (κ2) is 5.45. The first kappa shape index (κ1) is 14.9. The van der Waals surface area contributed by atoms with E-state index in [9.17, 15) is 22.0 Å². The molecular formula is C12H13F2NO4S. The van der Waals surface area contributed by atoms with Gasteiger partial charge < -0.3 is 5.11 Å². The number of hydrogen-bond acceptors (Lipinski definition) is 3. The Hall–Kier alpha value is -1.54. The Morgan fingerprint density at radius 2 is 1.90 bits per heavy atom. The summed E-state index contributed by atoms with van der Waals surface area (Å²) >= 11 is 0. The molecule has 1 N–H and O–H groups in total. The summed E-state index contributed by atoms with van der Waals surface area (Å²) in [7, 11) is -4.37. The molecule has 0 aliphatic carbocycles. The SMILES string of the molecule is O=C(O)[C@@H]1CCCN(S(=O)(=O)c2c(F)cccc2F)C1. The summed E-state index contributed by atoms with van der Waals surface area (Å²) in [5.74, 6) is -4.32. The Morgan fingerprint density at radius 1 is 1.30 bits per heavy atom. The Bertz CT molecular complexity index is 612. The molecule has 2 rings (SSSR count). The first-order valence-corrected chi connectivity index (χ1v) is 7.45. The van der Waals surface area contributed by atoms with Crippen LogP contribution in [0.15, 0.2) is 23.1 Å². The molecule has 0 unspecified atom stereocenters. The van der Waals surface area contributed by atoms with E-state index in [4.69, 9.17) is 5.11 Å². The quantitative estimate of drug-likeness (QED) is 0.917. The van der Waals surface area contributed by atoms with Gasteiger partial charge >= 0.3 is 5.97 Å². The lowest BCUT2D eigenvalue weighted by molar-refractivity contribution is -0.142. The van der Waals surface area contributed by atoms with Crippen LogP contribution in [0.2, 0.25) is 0 Å². The van der Waals surface area contributed by atoms with Crippen LogP contribution in [0.1, 0.15) is 12.8 Å². The van der Waals surface area contributed by atoms with Crippen LogP contribution in [-0.4, -0.2) is 36.9 Å². The third-order valence-electron chi connectivity index (χ3n) is 3.25. The number of carbonyl (C=O) groups is 1. The molecule has 0 spiro atoms.